The molecular formula is C19H42N2Si. The molecule has 0 radical (unpaired) electrons. The van der Waals surface area contributed by atoms with Crippen LogP contribution in [0.25, 0.3) is 0 Å². The molecule has 0 aliphatic rings. The van der Waals surface area contributed by atoms with Crippen molar-refractivity contribution in [2.24, 2.45) is 0 Å². The van der Waals surface area contributed by atoms with Crippen molar-refractivity contribution in [1.82, 2.24) is 9.80 Å². The largest absolute Gasteiger partial charge is 0.288 e. The molecule has 0 unspecified atom stereocenters. The molecule has 0 spiro atoms. The molecular weight excluding hydrogens is 284 g/mol. The molecule has 0 saturated heterocycles. The molecule has 0 aromatic heterocycles. The number of hydrogen-bond acceptors (Lipinski definition) is 2. The van der Waals surface area contributed by atoms with Gasteiger partial charge in [-0.05, 0) is 64.3 Å². The van der Waals surface area contributed by atoms with Gasteiger partial charge < -0.3 is 0 Å². The predicted octanol–water partition coefficient (Wildman–Crippen LogP) is 4.53. The summed E-state index contributed by atoms with van der Waals surface area (Å²) in [6.07, 6.45) is 6.76. The first-order valence-corrected chi connectivity index (χ1v) is 11.8. The highest BCUT2D eigenvalue weighted by Crippen LogP contribution is 2.19. The fourth-order valence-corrected chi connectivity index (χ4v) is 4.30. The molecule has 0 heterocycles. The number of nitrogens with zero attached hydrogens (tertiary/aromatic N) is 2. The lowest BCUT2D eigenvalue weighted by atomic mass is 10.1. The van der Waals surface area contributed by atoms with Gasteiger partial charge in [0.2, 0.25) is 0 Å². The summed E-state index contributed by atoms with van der Waals surface area (Å²) in [4.78, 5) is 5.45. The van der Waals surface area contributed by atoms with Crippen LogP contribution >= 0.6 is 0 Å². The van der Waals surface area contributed by atoms with Gasteiger partial charge in [-0.1, -0.05) is 46.2 Å². The molecule has 0 atom stereocenters. The van der Waals surface area contributed by atoms with Crippen LogP contribution in [0.1, 0.15) is 66.7 Å². The summed E-state index contributed by atoms with van der Waals surface area (Å²) in [5, 5.41) is 0. The third kappa shape index (κ3) is 9.11. The minimum atomic E-state index is 0.0995. The minimum Gasteiger partial charge on any atom is -0.288 e. The summed E-state index contributed by atoms with van der Waals surface area (Å²) in [7, 11) is 0.0995. The molecule has 0 rings (SSSR count). The Morgan fingerprint density at radius 2 is 1.23 bits per heavy atom. The Morgan fingerprint density at radius 3 is 1.55 bits per heavy atom. The monoisotopic (exact) mass is 326 g/mol. The summed E-state index contributed by atoms with van der Waals surface area (Å²) >= 11 is 0. The summed E-state index contributed by atoms with van der Waals surface area (Å²) in [6.45, 7) is 20.9. The molecule has 0 N–H and O–H groups in total. The molecule has 0 amide bonds. The van der Waals surface area contributed by atoms with Crippen molar-refractivity contribution in [2.75, 3.05) is 26.2 Å². The summed E-state index contributed by atoms with van der Waals surface area (Å²) in [5.74, 6) is 0. The molecule has 0 bridgehead atoms. The van der Waals surface area contributed by atoms with Gasteiger partial charge in [-0.2, -0.15) is 0 Å². The molecule has 22 heavy (non-hydrogen) atoms. The smallest absolute Gasteiger partial charge is 0.0660 e. The Hall–Kier alpha value is -0.123. The van der Waals surface area contributed by atoms with Gasteiger partial charge in [0.25, 0.3) is 0 Å². The van der Waals surface area contributed by atoms with Gasteiger partial charge in [0.05, 0.1) is 6.17 Å². The normalized spacial score (nSPS) is 12.4. The lowest BCUT2D eigenvalue weighted by molar-refractivity contribution is 0.0411. The van der Waals surface area contributed by atoms with E-state index in [0.29, 0.717) is 6.17 Å². The van der Waals surface area contributed by atoms with Crippen LogP contribution in [0.5, 0.6) is 0 Å². The van der Waals surface area contributed by atoms with E-state index in [1.807, 2.05) is 0 Å². The van der Waals surface area contributed by atoms with Crippen LogP contribution in [0, 0.1) is 0 Å². The SMILES string of the molecule is C=C(C[SiH2]CC)CC(N(CCC)CCC)N(CCC)CCC. The minimum absolute atomic E-state index is 0.0995. The first-order chi connectivity index (χ1) is 10.6. The van der Waals surface area contributed by atoms with Crippen LogP contribution in [0.3, 0.4) is 0 Å². The van der Waals surface area contributed by atoms with Gasteiger partial charge in [0.1, 0.15) is 0 Å². The van der Waals surface area contributed by atoms with E-state index in [-0.39, 0.29) is 9.52 Å². The van der Waals surface area contributed by atoms with E-state index in [2.05, 4.69) is 51.0 Å². The fraction of sp³-hybridized carbons (Fsp3) is 0.895. The van der Waals surface area contributed by atoms with E-state index in [1.54, 1.807) is 0 Å². The average molecular weight is 327 g/mol. The van der Waals surface area contributed by atoms with Crippen molar-refractivity contribution < 1.29 is 0 Å². The van der Waals surface area contributed by atoms with Gasteiger partial charge in [-0.3, -0.25) is 9.80 Å². The molecule has 2 nitrogen and oxygen atoms in total. The third-order valence-corrected chi connectivity index (χ3v) is 6.01. The molecule has 0 fully saturated rings. The lowest BCUT2D eigenvalue weighted by Crippen LogP contribution is -2.49. The highest BCUT2D eigenvalue weighted by Gasteiger charge is 2.24. The average Bonchev–Trinajstić information content (AvgIpc) is 2.50. The summed E-state index contributed by atoms with van der Waals surface area (Å²) < 4.78 is 0. The van der Waals surface area contributed by atoms with Crippen molar-refractivity contribution in [2.45, 2.75) is 85.0 Å². The van der Waals surface area contributed by atoms with Crippen molar-refractivity contribution in [3.63, 3.8) is 0 Å². The molecule has 0 aliphatic carbocycles. The fourth-order valence-electron chi connectivity index (χ4n) is 3.24. The zero-order valence-electron chi connectivity index (χ0n) is 16.2. The zero-order valence-corrected chi connectivity index (χ0v) is 17.6. The first kappa shape index (κ1) is 21.9. The van der Waals surface area contributed by atoms with Gasteiger partial charge in [-0.25, -0.2) is 0 Å². The second kappa shape index (κ2) is 14.5. The van der Waals surface area contributed by atoms with Crippen LogP contribution in [0.15, 0.2) is 12.2 Å². The number of hydrogen-bond donors (Lipinski definition) is 0. The highest BCUT2D eigenvalue weighted by molar-refractivity contribution is 6.36. The Morgan fingerprint density at radius 1 is 0.818 bits per heavy atom. The summed E-state index contributed by atoms with van der Waals surface area (Å²) in [6, 6.07) is 2.75. The topological polar surface area (TPSA) is 6.48 Å². The molecule has 0 saturated carbocycles. The van der Waals surface area contributed by atoms with Crippen LogP contribution < -0.4 is 0 Å². The van der Waals surface area contributed by atoms with E-state index in [4.69, 9.17) is 0 Å². The Bertz CT molecular complexity index is 240. The summed E-state index contributed by atoms with van der Waals surface area (Å²) in [5.41, 5.74) is 1.51. The van der Waals surface area contributed by atoms with Crippen molar-refractivity contribution in [1.29, 1.82) is 0 Å². The third-order valence-electron chi connectivity index (χ3n) is 4.24. The maximum atomic E-state index is 4.42. The van der Waals surface area contributed by atoms with Crippen LogP contribution in [0.2, 0.25) is 12.1 Å². The van der Waals surface area contributed by atoms with E-state index >= 15 is 0 Å². The van der Waals surface area contributed by atoms with Crippen molar-refractivity contribution in [3.8, 4) is 0 Å². The predicted molar refractivity (Wildman–Crippen MR) is 106 cm³/mol. The Kier molecular flexibility index (Phi) is 14.4. The van der Waals surface area contributed by atoms with Gasteiger partial charge in [0.15, 0.2) is 0 Å². The molecule has 0 aromatic carbocycles. The number of rotatable bonds is 15. The maximum absolute atomic E-state index is 4.42. The van der Waals surface area contributed by atoms with E-state index < -0.39 is 0 Å². The van der Waals surface area contributed by atoms with Crippen LogP contribution in [-0.2, 0) is 0 Å². The van der Waals surface area contributed by atoms with E-state index in [0.717, 1.165) is 0 Å². The highest BCUT2D eigenvalue weighted by atomic mass is 28.2. The van der Waals surface area contributed by atoms with E-state index in [1.165, 1.54) is 75.9 Å². The Balaban J connectivity index is 5.00. The van der Waals surface area contributed by atoms with Gasteiger partial charge in [0, 0.05) is 9.52 Å². The second-order valence-corrected chi connectivity index (χ2v) is 8.82. The zero-order chi connectivity index (χ0) is 16.8. The molecule has 0 aliphatic heterocycles. The standard InChI is InChI=1S/C19H42N2Si/c1-7-12-20(13-8-2)19(16-18(6)17-22-11-5)21(14-9-3)15-10-4/h19H,6-17,22H2,1-5H3. The lowest BCUT2D eigenvalue weighted by Gasteiger charge is -2.40. The molecule has 0 aromatic rings. The van der Waals surface area contributed by atoms with Crippen molar-refractivity contribution in [3.05, 3.63) is 12.2 Å². The second-order valence-electron chi connectivity index (χ2n) is 6.61. The van der Waals surface area contributed by atoms with Crippen LogP contribution in [-0.4, -0.2) is 51.7 Å². The van der Waals surface area contributed by atoms with Gasteiger partial charge >= 0.3 is 0 Å². The molecule has 3 heteroatoms. The first-order valence-electron chi connectivity index (χ1n) is 9.79. The maximum Gasteiger partial charge on any atom is 0.0660 e. The van der Waals surface area contributed by atoms with Crippen LogP contribution in [0.4, 0.5) is 0 Å². The van der Waals surface area contributed by atoms with Gasteiger partial charge in [-0.15, -0.1) is 6.58 Å². The molecule has 132 valence electrons. The van der Waals surface area contributed by atoms with E-state index in [9.17, 15) is 0 Å². The Labute approximate surface area is 143 Å². The van der Waals surface area contributed by atoms with Crippen molar-refractivity contribution >= 4 is 9.52 Å². The quantitative estimate of drug-likeness (QED) is 0.248.